The molecule has 4 aromatic rings. The van der Waals surface area contributed by atoms with Crippen molar-refractivity contribution in [1.82, 2.24) is 19.3 Å². The van der Waals surface area contributed by atoms with Gasteiger partial charge in [-0.2, -0.15) is 0 Å². The van der Waals surface area contributed by atoms with E-state index in [0.29, 0.717) is 34.7 Å². The van der Waals surface area contributed by atoms with Crippen molar-refractivity contribution in [2.75, 3.05) is 18.2 Å². The summed E-state index contributed by atoms with van der Waals surface area (Å²) in [6.45, 7) is 6.41. The smallest absolute Gasteiger partial charge is 0.410 e. The van der Waals surface area contributed by atoms with Gasteiger partial charge in [0.2, 0.25) is 10.0 Å². The molecule has 2 aromatic heterocycles. The van der Waals surface area contributed by atoms with Crippen molar-refractivity contribution in [2.24, 2.45) is 0 Å². The van der Waals surface area contributed by atoms with Crippen LogP contribution in [0, 0.1) is 0 Å². The van der Waals surface area contributed by atoms with Gasteiger partial charge in [-0.05, 0) is 39.0 Å². The third-order valence-corrected chi connectivity index (χ3v) is 6.21. The molecule has 4 rings (SSSR count). The van der Waals surface area contributed by atoms with E-state index in [1.165, 1.54) is 0 Å². The van der Waals surface area contributed by atoms with Crippen LogP contribution in [0.5, 0.6) is 5.75 Å². The van der Waals surface area contributed by atoms with E-state index in [-0.39, 0.29) is 19.0 Å². The Bertz CT molecular complexity index is 1500. The first-order valence-corrected chi connectivity index (χ1v) is 13.3. The zero-order valence-corrected chi connectivity index (χ0v) is 21.4. The number of carbonyl (C=O) groups excluding carboxylic acids is 1. The number of hydrogen-bond acceptors (Lipinski definition) is 7. The Morgan fingerprint density at radius 3 is 2.44 bits per heavy atom. The number of aromatic nitrogens is 3. The van der Waals surface area contributed by atoms with Gasteiger partial charge in [-0.15, -0.1) is 0 Å². The number of ether oxygens (including phenoxy) is 2. The first-order valence-electron chi connectivity index (χ1n) is 11.4. The van der Waals surface area contributed by atoms with Crippen molar-refractivity contribution in [3.8, 4) is 5.75 Å². The summed E-state index contributed by atoms with van der Waals surface area (Å²) in [5.74, 6) is 1.20. The highest BCUT2D eigenvalue weighted by molar-refractivity contribution is 7.88. The molecule has 0 aliphatic rings. The minimum atomic E-state index is -3.47. The van der Waals surface area contributed by atoms with Crippen molar-refractivity contribution < 1.29 is 22.7 Å². The van der Waals surface area contributed by atoms with E-state index in [1.807, 2.05) is 41.8 Å². The van der Waals surface area contributed by atoms with E-state index in [2.05, 4.69) is 15.0 Å². The van der Waals surface area contributed by atoms with Crippen molar-refractivity contribution in [3.63, 3.8) is 0 Å². The maximum atomic E-state index is 12.7. The van der Waals surface area contributed by atoms with Gasteiger partial charge in [-0.3, -0.25) is 5.32 Å². The molecule has 0 aliphatic carbocycles. The molecule has 0 saturated carbocycles. The largest absolute Gasteiger partial charge is 0.418 e. The lowest BCUT2D eigenvalue weighted by molar-refractivity contribution is 0.125. The minimum absolute atomic E-state index is 0.197. The molecule has 11 heteroatoms. The normalized spacial score (nSPS) is 12.2. The SMILES string of the molecule is CCOCc1nc2c(NC(=O)Oc3ccccc3)nc3ccccc3c2n1CC(C)(C)NS(C)(=O)=O. The number of nitrogens with one attached hydrogen (secondary N) is 2. The highest BCUT2D eigenvalue weighted by Gasteiger charge is 2.27. The molecule has 2 heterocycles. The number of amides is 1. The van der Waals surface area contributed by atoms with E-state index in [4.69, 9.17) is 14.5 Å². The molecule has 0 bridgehead atoms. The van der Waals surface area contributed by atoms with Crippen LogP contribution in [0.1, 0.15) is 26.6 Å². The molecule has 2 aromatic carbocycles. The fraction of sp³-hybridized carbons (Fsp3) is 0.320. The summed E-state index contributed by atoms with van der Waals surface area (Å²) in [5.41, 5.74) is 0.946. The van der Waals surface area contributed by atoms with Gasteiger partial charge >= 0.3 is 6.09 Å². The van der Waals surface area contributed by atoms with Gasteiger partial charge < -0.3 is 14.0 Å². The number of pyridine rings is 1. The van der Waals surface area contributed by atoms with Gasteiger partial charge in [0.25, 0.3) is 0 Å². The number of hydrogen-bond donors (Lipinski definition) is 2. The molecule has 0 radical (unpaired) electrons. The Kier molecular flexibility index (Phi) is 7.25. The second-order valence-electron chi connectivity index (χ2n) is 9.01. The molecule has 190 valence electrons. The summed E-state index contributed by atoms with van der Waals surface area (Å²) >= 11 is 0. The number of fused-ring (bicyclic) bond motifs is 3. The van der Waals surface area contributed by atoms with Crippen molar-refractivity contribution >= 4 is 43.9 Å². The van der Waals surface area contributed by atoms with Gasteiger partial charge in [-0.1, -0.05) is 36.4 Å². The zero-order chi connectivity index (χ0) is 25.9. The van der Waals surface area contributed by atoms with Gasteiger partial charge in [0.05, 0.1) is 17.3 Å². The van der Waals surface area contributed by atoms with Crippen LogP contribution < -0.4 is 14.8 Å². The molecule has 0 unspecified atom stereocenters. The number of anilines is 1. The minimum Gasteiger partial charge on any atom is -0.410 e. The molecule has 0 fully saturated rings. The average molecular weight is 512 g/mol. The lowest BCUT2D eigenvalue weighted by Crippen LogP contribution is -2.46. The topological polar surface area (TPSA) is 124 Å². The fourth-order valence-electron chi connectivity index (χ4n) is 4.09. The summed E-state index contributed by atoms with van der Waals surface area (Å²) in [4.78, 5) is 22.1. The van der Waals surface area contributed by atoms with E-state index < -0.39 is 21.7 Å². The molecule has 0 aliphatic heterocycles. The van der Waals surface area contributed by atoms with Crippen LogP contribution >= 0.6 is 0 Å². The second kappa shape index (κ2) is 10.2. The van der Waals surface area contributed by atoms with E-state index in [0.717, 1.165) is 11.6 Å². The van der Waals surface area contributed by atoms with Crippen molar-refractivity contribution in [3.05, 3.63) is 60.4 Å². The molecule has 0 atom stereocenters. The average Bonchev–Trinajstić information content (AvgIpc) is 3.14. The molecule has 1 amide bonds. The Balaban J connectivity index is 1.84. The van der Waals surface area contributed by atoms with E-state index in [1.54, 1.807) is 38.1 Å². The Hall–Kier alpha value is -3.54. The Morgan fingerprint density at radius 1 is 1.06 bits per heavy atom. The number of nitrogens with zero attached hydrogens (tertiary/aromatic N) is 3. The standard InChI is InChI=1S/C25H29N5O5S/c1-5-34-15-20-27-21-22(30(20)16-25(2,3)29-36(4,32)33)18-13-9-10-14-19(18)26-23(21)28-24(31)35-17-11-7-6-8-12-17/h6-14,29H,5,15-16H2,1-4H3,(H,26,28,31). The number of benzene rings is 2. The number of sulfonamides is 1. The van der Waals surface area contributed by atoms with Crippen LogP contribution in [-0.4, -0.2) is 47.4 Å². The van der Waals surface area contributed by atoms with Crippen LogP contribution in [-0.2, 0) is 27.9 Å². The van der Waals surface area contributed by atoms with Crippen LogP contribution in [0.25, 0.3) is 21.9 Å². The Morgan fingerprint density at radius 2 is 1.75 bits per heavy atom. The third-order valence-electron chi connectivity index (χ3n) is 5.29. The molecule has 2 N–H and O–H groups in total. The summed E-state index contributed by atoms with van der Waals surface area (Å²) in [6, 6.07) is 16.2. The molecule has 0 spiro atoms. The summed E-state index contributed by atoms with van der Waals surface area (Å²) in [7, 11) is -3.47. The number of para-hydroxylation sites is 2. The van der Waals surface area contributed by atoms with Crippen molar-refractivity contribution in [1.29, 1.82) is 0 Å². The molecule has 10 nitrogen and oxygen atoms in total. The second-order valence-corrected chi connectivity index (χ2v) is 10.8. The fourth-order valence-corrected chi connectivity index (χ4v) is 5.16. The first kappa shape index (κ1) is 25.5. The molecular formula is C25H29N5O5S. The number of carbonyl (C=O) groups is 1. The Labute approximate surface area is 209 Å². The van der Waals surface area contributed by atoms with Crippen LogP contribution in [0.3, 0.4) is 0 Å². The number of rotatable bonds is 9. The molecule has 0 saturated heterocycles. The van der Waals surface area contributed by atoms with Crippen LogP contribution in [0.4, 0.5) is 10.6 Å². The maximum absolute atomic E-state index is 12.7. The number of imidazole rings is 1. The van der Waals surface area contributed by atoms with Gasteiger partial charge in [0.1, 0.15) is 23.7 Å². The third kappa shape index (κ3) is 5.99. The summed E-state index contributed by atoms with van der Waals surface area (Å²) in [5, 5.41) is 3.53. The quantitative estimate of drug-likeness (QED) is 0.347. The van der Waals surface area contributed by atoms with Gasteiger partial charge in [-0.25, -0.2) is 27.9 Å². The van der Waals surface area contributed by atoms with Gasteiger partial charge in [0, 0.05) is 24.1 Å². The summed E-state index contributed by atoms with van der Waals surface area (Å²) in [6.07, 6.45) is 0.423. The highest BCUT2D eigenvalue weighted by Crippen LogP contribution is 2.32. The van der Waals surface area contributed by atoms with Crippen molar-refractivity contribution in [2.45, 2.75) is 39.5 Å². The maximum Gasteiger partial charge on any atom is 0.418 e. The summed E-state index contributed by atoms with van der Waals surface area (Å²) < 4.78 is 39.7. The zero-order valence-electron chi connectivity index (χ0n) is 20.6. The predicted octanol–water partition coefficient (Wildman–Crippen LogP) is 4.06. The van der Waals surface area contributed by atoms with E-state index >= 15 is 0 Å². The lowest BCUT2D eigenvalue weighted by Gasteiger charge is -2.27. The molecule has 36 heavy (non-hydrogen) atoms. The highest BCUT2D eigenvalue weighted by atomic mass is 32.2. The van der Waals surface area contributed by atoms with Gasteiger partial charge in [0.15, 0.2) is 5.82 Å². The lowest BCUT2D eigenvalue weighted by atomic mass is 10.1. The molecular weight excluding hydrogens is 482 g/mol. The predicted molar refractivity (Wildman–Crippen MR) is 139 cm³/mol. The first-order chi connectivity index (χ1) is 17.1. The van der Waals surface area contributed by atoms with Crippen LogP contribution in [0.2, 0.25) is 0 Å². The monoisotopic (exact) mass is 511 g/mol. The van der Waals surface area contributed by atoms with Crippen LogP contribution in [0.15, 0.2) is 54.6 Å². The van der Waals surface area contributed by atoms with E-state index in [9.17, 15) is 13.2 Å².